The summed E-state index contributed by atoms with van der Waals surface area (Å²) in [5.74, 6) is 0.726. The van der Waals surface area contributed by atoms with E-state index in [0.717, 1.165) is 31.8 Å². The Morgan fingerprint density at radius 2 is 2.14 bits per heavy atom. The lowest BCUT2D eigenvalue weighted by Gasteiger charge is -2.34. The van der Waals surface area contributed by atoms with Crippen molar-refractivity contribution in [1.82, 2.24) is 10.6 Å². The summed E-state index contributed by atoms with van der Waals surface area (Å²) in [6.45, 7) is 4.45. The van der Waals surface area contributed by atoms with Crippen LogP contribution in [0.1, 0.15) is 32.6 Å². The molecule has 0 aromatic carbocycles. The van der Waals surface area contributed by atoms with Crippen molar-refractivity contribution >= 4 is 0 Å². The van der Waals surface area contributed by atoms with Crippen molar-refractivity contribution in [3.63, 3.8) is 0 Å². The maximum Gasteiger partial charge on any atom is 0.0546 e. The zero-order valence-electron chi connectivity index (χ0n) is 9.00. The molecule has 2 aliphatic rings. The van der Waals surface area contributed by atoms with E-state index in [1.807, 2.05) is 0 Å². The largest absolute Gasteiger partial charge is 0.393 e. The Labute approximate surface area is 86.3 Å². The van der Waals surface area contributed by atoms with E-state index in [0.29, 0.717) is 12.1 Å². The number of aliphatic hydroxyl groups excluding tert-OH is 1. The first-order valence-electron chi connectivity index (χ1n) is 5.89. The predicted octanol–water partition coefficient (Wildman–Crippen LogP) is 0.487. The van der Waals surface area contributed by atoms with Crippen molar-refractivity contribution in [2.45, 2.75) is 50.8 Å². The van der Waals surface area contributed by atoms with Gasteiger partial charge in [-0.05, 0) is 45.1 Å². The molecule has 0 aromatic rings. The second-order valence-electron chi connectivity index (χ2n) is 4.98. The number of aliphatic hydroxyl groups is 1. The van der Waals surface area contributed by atoms with Crippen molar-refractivity contribution < 1.29 is 5.11 Å². The van der Waals surface area contributed by atoms with Crippen LogP contribution in [0.4, 0.5) is 0 Å². The van der Waals surface area contributed by atoms with Crippen LogP contribution in [0.5, 0.6) is 0 Å². The molecule has 2 unspecified atom stereocenters. The van der Waals surface area contributed by atoms with E-state index in [1.54, 1.807) is 0 Å². The molecule has 3 N–H and O–H groups in total. The molecule has 1 heterocycles. The molecule has 0 amide bonds. The summed E-state index contributed by atoms with van der Waals surface area (Å²) >= 11 is 0. The highest BCUT2D eigenvalue weighted by molar-refractivity contribution is 4.84. The first kappa shape index (κ1) is 10.4. The van der Waals surface area contributed by atoms with E-state index in [4.69, 9.17) is 5.11 Å². The third-order valence-corrected chi connectivity index (χ3v) is 3.57. The minimum Gasteiger partial charge on any atom is -0.393 e. The minimum absolute atomic E-state index is 0.00805. The first-order valence-corrected chi connectivity index (χ1v) is 5.89. The molecule has 2 atom stereocenters. The fourth-order valence-corrected chi connectivity index (χ4v) is 2.37. The van der Waals surface area contributed by atoms with Crippen molar-refractivity contribution in [2.75, 3.05) is 13.1 Å². The Bertz CT molecular complexity index is 172. The van der Waals surface area contributed by atoms with E-state index in [2.05, 4.69) is 17.6 Å². The maximum absolute atomic E-state index is 9.15. The maximum atomic E-state index is 9.15. The van der Waals surface area contributed by atoms with Crippen molar-refractivity contribution in [3.05, 3.63) is 0 Å². The molecular formula is C11H22N2O. The van der Waals surface area contributed by atoms with Gasteiger partial charge >= 0.3 is 0 Å². The number of hydrogen-bond acceptors (Lipinski definition) is 3. The molecule has 82 valence electrons. The van der Waals surface area contributed by atoms with Gasteiger partial charge in [0.25, 0.3) is 0 Å². The molecule has 1 aliphatic carbocycles. The van der Waals surface area contributed by atoms with Crippen LogP contribution in [0, 0.1) is 5.92 Å². The molecule has 3 nitrogen and oxygen atoms in total. The molecule has 1 saturated carbocycles. The van der Waals surface area contributed by atoms with Crippen LogP contribution in [0.3, 0.4) is 0 Å². The van der Waals surface area contributed by atoms with Crippen LogP contribution >= 0.6 is 0 Å². The van der Waals surface area contributed by atoms with E-state index < -0.39 is 0 Å². The van der Waals surface area contributed by atoms with Gasteiger partial charge in [-0.15, -0.1) is 0 Å². The summed E-state index contributed by atoms with van der Waals surface area (Å²) in [6, 6.07) is 1.35. The van der Waals surface area contributed by atoms with Gasteiger partial charge < -0.3 is 15.7 Å². The lowest BCUT2D eigenvalue weighted by atomic mass is 9.82. The Balaban J connectivity index is 1.57. The Kier molecular flexibility index (Phi) is 3.42. The van der Waals surface area contributed by atoms with E-state index in [-0.39, 0.29) is 6.10 Å². The molecule has 1 aliphatic heterocycles. The smallest absolute Gasteiger partial charge is 0.0546 e. The van der Waals surface area contributed by atoms with Crippen LogP contribution in [0.15, 0.2) is 0 Å². The third-order valence-electron chi connectivity index (χ3n) is 3.57. The summed E-state index contributed by atoms with van der Waals surface area (Å²) in [5.41, 5.74) is 0. The summed E-state index contributed by atoms with van der Waals surface area (Å²) in [4.78, 5) is 0. The molecule has 2 rings (SSSR count). The van der Waals surface area contributed by atoms with E-state index in [9.17, 15) is 0 Å². The monoisotopic (exact) mass is 198 g/mol. The molecule has 0 bridgehead atoms. The lowest BCUT2D eigenvalue weighted by molar-refractivity contribution is 0.0413. The Hall–Kier alpha value is -0.120. The van der Waals surface area contributed by atoms with Crippen LogP contribution in [-0.4, -0.2) is 36.4 Å². The lowest BCUT2D eigenvalue weighted by Crippen LogP contribution is -2.49. The molecule has 1 saturated heterocycles. The summed E-state index contributed by atoms with van der Waals surface area (Å²) < 4.78 is 0. The predicted molar refractivity (Wildman–Crippen MR) is 57.2 cm³/mol. The van der Waals surface area contributed by atoms with Gasteiger partial charge in [0.15, 0.2) is 0 Å². The average Bonchev–Trinajstić information content (AvgIpc) is 2.13. The Morgan fingerprint density at radius 1 is 1.36 bits per heavy atom. The van der Waals surface area contributed by atoms with Gasteiger partial charge in [-0.2, -0.15) is 0 Å². The molecule has 14 heavy (non-hydrogen) atoms. The Morgan fingerprint density at radius 3 is 2.71 bits per heavy atom. The highest BCUT2D eigenvalue weighted by atomic mass is 16.3. The highest BCUT2D eigenvalue weighted by Crippen LogP contribution is 2.26. The fourth-order valence-electron chi connectivity index (χ4n) is 2.37. The second kappa shape index (κ2) is 4.60. The van der Waals surface area contributed by atoms with Gasteiger partial charge in [0, 0.05) is 18.6 Å². The minimum atomic E-state index is -0.00805. The molecule has 2 fully saturated rings. The van der Waals surface area contributed by atoms with E-state index in [1.165, 1.54) is 12.8 Å². The van der Waals surface area contributed by atoms with Crippen LogP contribution in [0.2, 0.25) is 0 Å². The molecule has 0 spiro atoms. The van der Waals surface area contributed by atoms with Crippen LogP contribution in [-0.2, 0) is 0 Å². The van der Waals surface area contributed by atoms with Gasteiger partial charge in [-0.3, -0.25) is 0 Å². The quantitative estimate of drug-likeness (QED) is 0.618. The standard InChI is InChI=1S/C11H22N2O/c1-8-2-3-10(7-12-8)13-6-9-4-11(14)5-9/h8-14H,2-7H2,1H3. The average molecular weight is 198 g/mol. The first-order chi connectivity index (χ1) is 6.74. The normalized spacial score (nSPS) is 43.3. The summed E-state index contributed by atoms with van der Waals surface area (Å²) in [5, 5.41) is 16.2. The molecule has 0 aromatic heterocycles. The van der Waals surface area contributed by atoms with Gasteiger partial charge in [-0.25, -0.2) is 0 Å². The van der Waals surface area contributed by atoms with E-state index >= 15 is 0 Å². The zero-order chi connectivity index (χ0) is 9.97. The summed E-state index contributed by atoms with van der Waals surface area (Å²) in [6.07, 6.45) is 4.58. The van der Waals surface area contributed by atoms with Crippen LogP contribution < -0.4 is 10.6 Å². The molecular weight excluding hydrogens is 176 g/mol. The molecule has 3 heteroatoms. The highest BCUT2D eigenvalue weighted by Gasteiger charge is 2.27. The van der Waals surface area contributed by atoms with Crippen molar-refractivity contribution in [3.8, 4) is 0 Å². The number of hydrogen-bond donors (Lipinski definition) is 3. The summed E-state index contributed by atoms with van der Waals surface area (Å²) in [7, 11) is 0. The van der Waals surface area contributed by atoms with Crippen molar-refractivity contribution in [1.29, 1.82) is 0 Å². The van der Waals surface area contributed by atoms with Gasteiger partial charge in [0.05, 0.1) is 6.10 Å². The van der Waals surface area contributed by atoms with Gasteiger partial charge in [-0.1, -0.05) is 0 Å². The van der Waals surface area contributed by atoms with Crippen molar-refractivity contribution in [2.24, 2.45) is 5.92 Å². The number of rotatable bonds is 3. The SMILES string of the molecule is CC1CCC(NCC2CC(O)C2)CN1. The van der Waals surface area contributed by atoms with Gasteiger partial charge in [0.1, 0.15) is 0 Å². The number of nitrogens with one attached hydrogen (secondary N) is 2. The number of piperidine rings is 1. The molecule has 0 radical (unpaired) electrons. The topological polar surface area (TPSA) is 44.3 Å². The van der Waals surface area contributed by atoms with Gasteiger partial charge in [0.2, 0.25) is 0 Å². The third kappa shape index (κ3) is 2.69. The fraction of sp³-hybridized carbons (Fsp3) is 1.00. The second-order valence-corrected chi connectivity index (χ2v) is 4.98. The van der Waals surface area contributed by atoms with Crippen LogP contribution in [0.25, 0.3) is 0 Å². The zero-order valence-corrected chi connectivity index (χ0v) is 9.00.